The van der Waals surface area contributed by atoms with Crippen molar-refractivity contribution < 1.29 is 14.3 Å². The van der Waals surface area contributed by atoms with E-state index in [-0.39, 0.29) is 5.69 Å². The summed E-state index contributed by atoms with van der Waals surface area (Å²) in [6, 6.07) is 17.5. The predicted molar refractivity (Wildman–Crippen MR) is 105 cm³/mol. The maximum atomic E-state index is 12.6. The number of fused-ring (bicyclic) bond motifs is 1. The van der Waals surface area contributed by atoms with Gasteiger partial charge in [-0.25, -0.2) is 9.78 Å². The molecule has 134 valence electrons. The molecule has 0 atom stereocenters. The van der Waals surface area contributed by atoms with Crippen LogP contribution in [0.4, 0.5) is 0 Å². The Morgan fingerprint density at radius 2 is 1.73 bits per heavy atom. The lowest BCUT2D eigenvalue weighted by Crippen LogP contribution is -2.12. The maximum Gasteiger partial charge on any atom is 0.360 e. The third-order valence-electron chi connectivity index (χ3n) is 3.97. The summed E-state index contributed by atoms with van der Waals surface area (Å²) in [7, 11) is 0. The van der Waals surface area contributed by atoms with Crippen LogP contribution in [0.3, 0.4) is 0 Å². The number of aromatic nitrogens is 1. The van der Waals surface area contributed by atoms with E-state index in [1.54, 1.807) is 0 Å². The number of rotatable bonds is 7. The summed E-state index contributed by atoms with van der Waals surface area (Å²) < 4.78 is 12.0. The Kier molecular flexibility index (Phi) is 6.23. The third-order valence-corrected chi connectivity index (χ3v) is 4.57. The van der Waals surface area contributed by atoms with Crippen molar-refractivity contribution in [1.29, 1.82) is 0 Å². The minimum absolute atomic E-state index is 0.197. The van der Waals surface area contributed by atoms with E-state index in [0.29, 0.717) is 23.6 Å². The number of halogens is 1. The van der Waals surface area contributed by atoms with E-state index in [9.17, 15) is 4.79 Å². The summed E-state index contributed by atoms with van der Waals surface area (Å²) in [5.74, 6) is -0.0119. The third kappa shape index (κ3) is 4.22. The molecule has 0 unspecified atom stereocenters. The average molecular weight is 414 g/mol. The summed E-state index contributed by atoms with van der Waals surface area (Å²) in [6.45, 7) is 2.77. The molecule has 0 saturated carbocycles. The van der Waals surface area contributed by atoms with Crippen molar-refractivity contribution in [2.24, 2.45) is 0 Å². The van der Waals surface area contributed by atoms with Gasteiger partial charge >= 0.3 is 5.97 Å². The predicted octanol–water partition coefficient (Wildman–Crippen LogP) is 5.53. The molecule has 4 nitrogen and oxygen atoms in total. The number of hydrogen-bond acceptors (Lipinski definition) is 4. The van der Waals surface area contributed by atoms with Crippen LogP contribution < -0.4 is 4.74 Å². The summed E-state index contributed by atoms with van der Waals surface area (Å²) in [6.07, 6.45) is 1.78. The van der Waals surface area contributed by atoms with Crippen LogP contribution in [0.5, 0.6) is 5.75 Å². The number of ether oxygens (including phenoxy) is 2. The zero-order valence-corrected chi connectivity index (χ0v) is 16.2. The fourth-order valence-electron chi connectivity index (χ4n) is 2.59. The molecule has 26 heavy (non-hydrogen) atoms. The van der Waals surface area contributed by atoms with Crippen LogP contribution in [0.1, 0.15) is 35.8 Å². The number of nitrogens with zero attached hydrogens (tertiary/aromatic N) is 1. The van der Waals surface area contributed by atoms with Gasteiger partial charge in [-0.1, -0.05) is 67.9 Å². The second-order valence-electron chi connectivity index (χ2n) is 5.89. The summed E-state index contributed by atoms with van der Waals surface area (Å²) in [4.78, 5) is 17.0. The van der Waals surface area contributed by atoms with Crippen LogP contribution in [-0.2, 0) is 11.3 Å². The fourth-order valence-corrected chi connectivity index (χ4v) is 3.11. The molecule has 3 rings (SSSR count). The van der Waals surface area contributed by atoms with E-state index in [4.69, 9.17) is 9.47 Å². The van der Waals surface area contributed by atoms with Gasteiger partial charge in [0, 0.05) is 10.8 Å². The average Bonchev–Trinajstić information content (AvgIpc) is 2.68. The van der Waals surface area contributed by atoms with E-state index in [1.165, 1.54) is 0 Å². The summed E-state index contributed by atoms with van der Waals surface area (Å²) in [5, 5.41) is 1.72. The van der Waals surface area contributed by atoms with Gasteiger partial charge < -0.3 is 9.47 Å². The normalized spacial score (nSPS) is 10.7. The van der Waals surface area contributed by atoms with E-state index >= 15 is 0 Å². The van der Waals surface area contributed by atoms with Gasteiger partial charge in [0.1, 0.15) is 11.2 Å². The van der Waals surface area contributed by atoms with Crippen molar-refractivity contribution in [1.82, 2.24) is 4.98 Å². The summed E-state index contributed by atoms with van der Waals surface area (Å²) >= 11 is 3.45. The van der Waals surface area contributed by atoms with Crippen LogP contribution in [0, 0.1) is 0 Å². The van der Waals surface area contributed by atoms with Gasteiger partial charge in [0.15, 0.2) is 11.4 Å². The molecule has 1 aromatic heterocycles. The minimum atomic E-state index is -0.465. The van der Waals surface area contributed by atoms with Crippen molar-refractivity contribution in [3.63, 3.8) is 0 Å². The van der Waals surface area contributed by atoms with E-state index < -0.39 is 5.97 Å². The Bertz CT molecular complexity index is 896. The molecule has 0 spiro atoms. The van der Waals surface area contributed by atoms with Gasteiger partial charge in [-0.05, 0) is 27.9 Å². The van der Waals surface area contributed by atoms with E-state index in [1.807, 2.05) is 61.5 Å². The van der Waals surface area contributed by atoms with Crippen molar-refractivity contribution in [3.8, 4) is 5.75 Å². The first kappa shape index (κ1) is 18.4. The smallest absolute Gasteiger partial charge is 0.360 e. The van der Waals surface area contributed by atoms with Gasteiger partial charge in [0.05, 0.1) is 6.61 Å². The van der Waals surface area contributed by atoms with Crippen LogP contribution in [-0.4, -0.2) is 17.6 Å². The van der Waals surface area contributed by atoms with Crippen LogP contribution >= 0.6 is 15.9 Å². The second kappa shape index (κ2) is 8.81. The van der Waals surface area contributed by atoms with E-state index in [2.05, 4.69) is 20.9 Å². The van der Waals surface area contributed by atoms with Gasteiger partial charge in [0.2, 0.25) is 0 Å². The molecule has 0 radical (unpaired) electrons. The Morgan fingerprint density at radius 3 is 2.46 bits per heavy atom. The minimum Gasteiger partial charge on any atom is -0.486 e. The first-order valence-electron chi connectivity index (χ1n) is 8.62. The van der Waals surface area contributed by atoms with Gasteiger partial charge in [-0.15, -0.1) is 0 Å². The van der Waals surface area contributed by atoms with E-state index in [0.717, 1.165) is 29.2 Å². The molecular weight excluding hydrogens is 394 g/mol. The zero-order chi connectivity index (χ0) is 18.4. The number of carbonyl (C=O) groups is 1. The molecule has 0 aliphatic carbocycles. The van der Waals surface area contributed by atoms with Crippen LogP contribution in [0.15, 0.2) is 59.2 Å². The highest BCUT2D eigenvalue weighted by Crippen LogP contribution is 2.34. The van der Waals surface area contributed by atoms with Gasteiger partial charge in [-0.2, -0.15) is 0 Å². The van der Waals surface area contributed by atoms with Crippen LogP contribution in [0.25, 0.3) is 10.8 Å². The zero-order valence-electron chi connectivity index (χ0n) is 14.6. The number of pyridine rings is 1. The fraction of sp³-hybridized carbons (Fsp3) is 0.238. The molecule has 3 aromatic rings. The highest BCUT2D eigenvalue weighted by molar-refractivity contribution is 9.10. The lowest BCUT2D eigenvalue weighted by atomic mass is 10.1. The SMILES string of the molecule is CCCCOC(=O)c1nc(Br)c2ccccc2c1OCc1ccccc1. The number of unbranched alkanes of at least 4 members (excludes halogenated alkanes) is 1. The second-order valence-corrected chi connectivity index (χ2v) is 6.64. The highest BCUT2D eigenvalue weighted by Gasteiger charge is 2.21. The molecule has 0 aliphatic rings. The topological polar surface area (TPSA) is 48.4 Å². The summed E-state index contributed by atoms with van der Waals surface area (Å²) in [5.41, 5.74) is 1.22. The maximum absolute atomic E-state index is 12.6. The molecule has 0 fully saturated rings. The quantitative estimate of drug-likeness (QED) is 0.290. The molecule has 0 bridgehead atoms. The number of esters is 1. The molecule has 1 heterocycles. The van der Waals surface area contributed by atoms with Crippen molar-refractivity contribution in [2.75, 3.05) is 6.61 Å². The van der Waals surface area contributed by atoms with Crippen molar-refractivity contribution >= 4 is 32.7 Å². The lowest BCUT2D eigenvalue weighted by Gasteiger charge is -2.14. The number of hydrogen-bond donors (Lipinski definition) is 0. The first-order chi connectivity index (χ1) is 12.7. The molecule has 0 N–H and O–H groups in total. The monoisotopic (exact) mass is 413 g/mol. The lowest BCUT2D eigenvalue weighted by molar-refractivity contribution is 0.0487. The molecule has 2 aromatic carbocycles. The molecule has 5 heteroatoms. The molecular formula is C21H20BrNO3. The van der Waals surface area contributed by atoms with Gasteiger partial charge in [0.25, 0.3) is 0 Å². The van der Waals surface area contributed by atoms with Gasteiger partial charge in [-0.3, -0.25) is 0 Å². The molecule has 0 saturated heterocycles. The Hall–Kier alpha value is -2.40. The Labute approximate surface area is 161 Å². The molecule has 0 amide bonds. The molecule has 0 aliphatic heterocycles. The van der Waals surface area contributed by atoms with Crippen LogP contribution in [0.2, 0.25) is 0 Å². The Morgan fingerprint density at radius 1 is 1.04 bits per heavy atom. The highest BCUT2D eigenvalue weighted by atomic mass is 79.9. The number of carbonyl (C=O) groups excluding carboxylic acids is 1. The largest absolute Gasteiger partial charge is 0.486 e. The first-order valence-corrected chi connectivity index (χ1v) is 9.42. The standard InChI is InChI=1S/C21H20BrNO3/c1-2-3-13-25-21(24)18-19(26-14-15-9-5-4-6-10-15)16-11-7-8-12-17(16)20(22)23-18/h4-12H,2-3,13-14H2,1H3. The number of benzene rings is 2. The van der Waals surface area contributed by atoms with Crippen molar-refractivity contribution in [3.05, 3.63) is 70.5 Å². The Balaban J connectivity index is 1.97. The van der Waals surface area contributed by atoms with Crippen molar-refractivity contribution in [2.45, 2.75) is 26.4 Å².